The van der Waals surface area contributed by atoms with Crippen molar-refractivity contribution in [1.82, 2.24) is 15.3 Å². The van der Waals surface area contributed by atoms with E-state index in [1.54, 1.807) is 12.1 Å². The van der Waals surface area contributed by atoms with E-state index >= 15 is 0 Å². The number of sulfone groups is 1. The molecule has 33 heavy (non-hydrogen) atoms. The molecule has 1 aromatic heterocycles. The Morgan fingerprint density at radius 3 is 2.70 bits per heavy atom. The Kier molecular flexibility index (Phi) is 5.23. The maximum absolute atomic E-state index is 12.8. The van der Waals surface area contributed by atoms with Crippen LogP contribution in [0.4, 0.5) is 11.8 Å². The van der Waals surface area contributed by atoms with Crippen molar-refractivity contribution >= 4 is 38.4 Å². The number of hydrogen-bond donors (Lipinski definition) is 2. The Morgan fingerprint density at radius 2 is 1.94 bits per heavy atom. The van der Waals surface area contributed by atoms with Gasteiger partial charge in [-0.25, -0.2) is 13.4 Å². The molecular weight excluding hydrogens is 438 g/mol. The Balaban J connectivity index is 1.51. The van der Waals surface area contributed by atoms with Crippen LogP contribution in [0.15, 0.2) is 47.4 Å². The van der Waals surface area contributed by atoms with Crippen LogP contribution in [0.25, 0.3) is 10.9 Å². The average molecular weight is 466 g/mol. The number of aryl methyl sites for hydroxylation is 1. The second-order valence-corrected chi connectivity index (χ2v) is 11.1. The van der Waals surface area contributed by atoms with Gasteiger partial charge in [-0.05, 0) is 43.5 Å². The lowest BCUT2D eigenvalue weighted by Gasteiger charge is -2.23. The largest absolute Gasteiger partial charge is 0.367 e. The summed E-state index contributed by atoms with van der Waals surface area (Å²) in [5, 5.41) is 7.39. The van der Waals surface area contributed by atoms with E-state index in [2.05, 4.69) is 10.6 Å². The quantitative estimate of drug-likeness (QED) is 0.597. The van der Waals surface area contributed by atoms with Crippen LogP contribution in [-0.4, -0.2) is 48.7 Å². The highest BCUT2D eigenvalue weighted by Crippen LogP contribution is 2.36. The molecular formula is C24H27N5O3S. The minimum Gasteiger partial charge on any atom is -0.367 e. The smallest absolute Gasteiger partial charge is 0.228 e. The van der Waals surface area contributed by atoms with Crippen molar-refractivity contribution in [1.29, 1.82) is 0 Å². The summed E-state index contributed by atoms with van der Waals surface area (Å²) in [5.74, 6) is 1.15. The zero-order valence-electron chi connectivity index (χ0n) is 18.8. The molecule has 5 rings (SSSR count). The molecule has 0 spiro atoms. The lowest BCUT2D eigenvalue weighted by molar-refractivity contribution is -0.119. The third-order valence-corrected chi connectivity index (χ3v) is 8.10. The zero-order valence-corrected chi connectivity index (χ0v) is 19.6. The Hall–Kier alpha value is -3.20. The first kappa shape index (κ1) is 21.6. The highest BCUT2D eigenvalue weighted by molar-refractivity contribution is 7.91. The molecule has 1 aliphatic carbocycles. The first-order valence-corrected chi connectivity index (χ1v) is 12.8. The number of hydrogen-bond acceptors (Lipinski definition) is 7. The van der Waals surface area contributed by atoms with Gasteiger partial charge in [-0.2, -0.15) is 4.98 Å². The van der Waals surface area contributed by atoms with Gasteiger partial charge in [0.25, 0.3) is 0 Å². The second-order valence-electron chi connectivity index (χ2n) is 9.06. The lowest BCUT2D eigenvalue weighted by Crippen LogP contribution is -2.40. The zero-order chi connectivity index (χ0) is 23.2. The van der Waals surface area contributed by atoms with Crippen molar-refractivity contribution < 1.29 is 13.2 Å². The fourth-order valence-corrected chi connectivity index (χ4v) is 5.86. The van der Waals surface area contributed by atoms with Crippen LogP contribution in [-0.2, 0) is 21.2 Å². The Bertz CT molecular complexity index is 1350. The number of rotatable bonds is 5. The van der Waals surface area contributed by atoms with Crippen LogP contribution < -0.4 is 15.5 Å². The molecule has 1 saturated carbocycles. The van der Waals surface area contributed by atoms with Gasteiger partial charge in [0.05, 0.1) is 21.7 Å². The molecule has 2 heterocycles. The Labute approximate surface area is 193 Å². The van der Waals surface area contributed by atoms with Crippen molar-refractivity contribution in [2.24, 2.45) is 0 Å². The van der Waals surface area contributed by atoms with E-state index in [1.807, 2.05) is 42.2 Å². The molecule has 0 bridgehead atoms. The first-order valence-electron chi connectivity index (χ1n) is 11.1. The average Bonchev–Trinajstić information content (AvgIpc) is 3.55. The number of benzene rings is 2. The minimum atomic E-state index is -3.36. The summed E-state index contributed by atoms with van der Waals surface area (Å²) >= 11 is 0. The van der Waals surface area contributed by atoms with Crippen molar-refractivity contribution in [3.8, 4) is 0 Å². The van der Waals surface area contributed by atoms with Gasteiger partial charge in [0.15, 0.2) is 9.84 Å². The molecule has 0 unspecified atom stereocenters. The summed E-state index contributed by atoms with van der Waals surface area (Å²) in [6, 6.07) is 13.1. The normalized spacial score (nSPS) is 18.3. The van der Waals surface area contributed by atoms with Gasteiger partial charge in [-0.3, -0.25) is 4.79 Å². The minimum absolute atomic E-state index is 0.00765. The van der Waals surface area contributed by atoms with Crippen molar-refractivity contribution in [3.05, 3.63) is 53.6 Å². The SMILES string of the molecule is CC(=O)NC1(CNc2nc(N3CCS(=O)(=O)c4ccccc4C3)nc3ccc(C)cc23)CC1. The van der Waals surface area contributed by atoms with Crippen LogP contribution in [0.3, 0.4) is 0 Å². The van der Waals surface area contributed by atoms with Crippen molar-refractivity contribution in [2.45, 2.75) is 43.7 Å². The van der Waals surface area contributed by atoms with E-state index in [-0.39, 0.29) is 17.2 Å². The fraction of sp³-hybridized carbons (Fsp3) is 0.375. The lowest BCUT2D eigenvalue weighted by atomic mass is 10.1. The number of nitrogens with zero attached hydrogens (tertiary/aromatic N) is 3. The van der Waals surface area contributed by atoms with Crippen LogP contribution in [0, 0.1) is 6.92 Å². The fourth-order valence-electron chi connectivity index (χ4n) is 4.36. The third-order valence-electron chi connectivity index (χ3n) is 6.31. The molecule has 8 nitrogen and oxygen atoms in total. The third kappa shape index (κ3) is 4.37. The number of anilines is 2. The molecule has 0 radical (unpaired) electrons. The van der Waals surface area contributed by atoms with Crippen LogP contribution in [0.1, 0.15) is 30.9 Å². The molecule has 0 atom stereocenters. The molecule has 2 N–H and O–H groups in total. The van der Waals surface area contributed by atoms with Gasteiger partial charge in [-0.1, -0.05) is 29.8 Å². The Morgan fingerprint density at radius 1 is 1.15 bits per heavy atom. The van der Waals surface area contributed by atoms with E-state index in [4.69, 9.17) is 9.97 Å². The predicted molar refractivity (Wildman–Crippen MR) is 128 cm³/mol. The summed E-state index contributed by atoms with van der Waals surface area (Å²) < 4.78 is 25.6. The number of nitrogens with one attached hydrogen (secondary N) is 2. The van der Waals surface area contributed by atoms with Gasteiger partial charge in [-0.15, -0.1) is 0 Å². The van der Waals surface area contributed by atoms with Crippen molar-refractivity contribution in [3.63, 3.8) is 0 Å². The summed E-state index contributed by atoms with van der Waals surface area (Å²) in [5.41, 5.74) is 2.40. The molecule has 1 aliphatic heterocycles. The predicted octanol–water partition coefficient (Wildman–Crippen LogP) is 2.81. The maximum atomic E-state index is 12.8. The van der Waals surface area contributed by atoms with E-state index in [0.29, 0.717) is 36.3 Å². The topological polar surface area (TPSA) is 104 Å². The van der Waals surface area contributed by atoms with E-state index in [0.717, 1.165) is 34.9 Å². The highest BCUT2D eigenvalue weighted by atomic mass is 32.2. The molecule has 2 aromatic carbocycles. The molecule has 1 fully saturated rings. The second kappa shape index (κ2) is 7.98. The van der Waals surface area contributed by atoms with Crippen molar-refractivity contribution in [2.75, 3.05) is 29.1 Å². The summed E-state index contributed by atoms with van der Waals surface area (Å²) in [6.07, 6.45) is 1.85. The summed E-state index contributed by atoms with van der Waals surface area (Å²) in [6.45, 7) is 4.86. The molecule has 9 heteroatoms. The van der Waals surface area contributed by atoms with Gasteiger partial charge in [0.1, 0.15) is 5.82 Å². The number of aromatic nitrogens is 2. The monoisotopic (exact) mass is 465 g/mol. The summed E-state index contributed by atoms with van der Waals surface area (Å²) in [7, 11) is -3.36. The van der Waals surface area contributed by atoms with Gasteiger partial charge >= 0.3 is 0 Å². The van der Waals surface area contributed by atoms with Crippen LogP contribution in [0.5, 0.6) is 0 Å². The van der Waals surface area contributed by atoms with E-state index < -0.39 is 9.84 Å². The standard InChI is InChI=1S/C24H27N5O3S/c1-16-7-8-20-19(13-16)22(25-15-24(9-10-24)28-17(2)30)27-23(26-20)29-11-12-33(31,32)21-6-4-3-5-18(21)14-29/h3-8,13H,9-12,14-15H2,1-2H3,(H,28,30)(H,25,26,27). The van der Waals surface area contributed by atoms with E-state index in [9.17, 15) is 13.2 Å². The number of carbonyl (C=O) groups excluding carboxylic acids is 1. The first-order chi connectivity index (χ1) is 15.7. The number of amides is 1. The van der Waals surface area contributed by atoms with Gasteiger partial charge in [0, 0.05) is 31.9 Å². The number of carbonyl (C=O) groups is 1. The molecule has 1 amide bonds. The van der Waals surface area contributed by atoms with Crippen LogP contribution >= 0.6 is 0 Å². The maximum Gasteiger partial charge on any atom is 0.228 e. The highest BCUT2D eigenvalue weighted by Gasteiger charge is 2.43. The van der Waals surface area contributed by atoms with Crippen LogP contribution in [0.2, 0.25) is 0 Å². The van der Waals surface area contributed by atoms with E-state index in [1.165, 1.54) is 6.92 Å². The molecule has 0 saturated heterocycles. The molecule has 2 aliphatic rings. The van der Waals surface area contributed by atoms with Gasteiger partial charge in [0.2, 0.25) is 11.9 Å². The summed E-state index contributed by atoms with van der Waals surface area (Å²) in [4.78, 5) is 23.5. The molecule has 3 aromatic rings. The number of fused-ring (bicyclic) bond motifs is 2. The van der Waals surface area contributed by atoms with Gasteiger partial charge < -0.3 is 15.5 Å². The molecule has 172 valence electrons.